The number of halogens is 2. The van der Waals surface area contributed by atoms with Crippen LogP contribution >= 0.6 is 31.9 Å². The average molecular weight is 487 g/mol. The van der Waals surface area contributed by atoms with Crippen LogP contribution in [-0.2, 0) is 11.3 Å². The van der Waals surface area contributed by atoms with Crippen LogP contribution in [0.4, 0.5) is 5.69 Å². The fourth-order valence-corrected chi connectivity index (χ4v) is 3.87. The van der Waals surface area contributed by atoms with E-state index in [-0.39, 0.29) is 18.2 Å². The number of carbonyl (C=O) groups excluding carboxylic acids is 2. The molecule has 27 heavy (non-hydrogen) atoms. The minimum atomic E-state index is -0.105. The minimum Gasteiger partial charge on any atom is -0.456 e. The molecule has 0 saturated heterocycles. The number of anilines is 1. The van der Waals surface area contributed by atoms with Crippen molar-refractivity contribution in [2.24, 2.45) is 0 Å². The van der Waals surface area contributed by atoms with Gasteiger partial charge in [-0.3, -0.25) is 9.59 Å². The number of hydrogen-bond acceptors (Lipinski definition) is 3. The summed E-state index contributed by atoms with van der Waals surface area (Å²) < 4.78 is 7.30. The van der Waals surface area contributed by atoms with E-state index in [1.807, 2.05) is 48.5 Å². The molecular formula is C21H13Br2NO3. The third kappa shape index (κ3) is 3.55. The van der Waals surface area contributed by atoms with Crippen molar-refractivity contribution in [1.29, 1.82) is 0 Å². The Morgan fingerprint density at radius 2 is 1.81 bits per heavy atom. The molecular weight excluding hydrogens is 474 g/mol. The summed E-state index contributed by atoms with van der Waals surface area (Å²) in [5.41, 5.74) is 3.22. The summed E-state index contributed by atoms with van der Waals surface area (Å²) in [6.07, 6.45) is 2.54. The molecule has 4 nitrogen and oxygen atoms in total. The first-order chi connectivity index (χ1) is 13.0. The summed E-state index contributed by atoms with van der Waals surface area (Å²) in [5.74, 6) is 0.702. The lowest BCUT2D eigenvalue weighted by atomic mass is 10.0. The van der Waals surface area contributed by atoms with Crippen molar-refractivity contribution in [3.63, 3.8) is 0 Å². The van der Waals surface area contributed by atoms with E-state index in [0.29, 0.717) is 17.6 Å². The monoisotopic (exact) mass is 485 g/mol. The highest BCUT2D eigenvalue weighted by atomic mass is 79.9. The van der Waals surface area contributed by atoms with Gasteiger partial charge in [-0.15, -0.1) is 0 Å². The van der Waals surface area contributed by atoms with Crippen molar-refractivity contribution in [3.8, 4) is 0 Å². The number of amides is 1. The lowest BCUT2D eigenvalue weighted by molar-refractivity contribution is -0.113. The van der Waals surface area contributed by atoms with Crippen LogP contribution in [-0.4, -0.2) is 12.2 Å². The Bertz CT molecular complexity index is 1080. The normalized spacial score (nSPS) is 14.7. The molecule has 1 amide bonds. The molecule has 1 aliphatic rings. The van der Waals surface area contributed by atoms with E-state index in [1.54, 1.807) is 17.0 Å². The lowest BCUT2D eigenvalue weighted by Gasteiger charge is -2.15. The topological polar surface area (TPSA) is 50.5 Å². The summed E-state index contributed by atoms with van der Waals surface area (Å²) in [5, 5.41) is 0. The van der Waals surface area contributed by atoms with Crippen molar-refractivity contribution in [1.82, 2.24) is 0 Å². The van der Waals surface area contributed by atoms with E-state index in [4.69, 9.17) is 4.42 Å². The minimum absolute atomic E-state index is 0.105. The van der Waals surface area contributed by atoms with Gasteiger partial charge in [0.2, 0.25) is 0 Å². The zero-order valence-electron chi connectivity index (χ0n) is 14.0. The third-order valence-electron chi connectivity index (χ3n) is 4.29. The van der Waals surface area contributed by atoms with E-state index in [9.17, 15) is 9.59 Å². The molecule has 0 spiro atoms. The van der Waals surface area contributed by atoms with Crippen LogP contribution in [0.5, 0.6) is 0 Å². The summed E-state index contributed by atoms with van der Waals surface area (Å²) >= 11 is 6.95. The Labute approximate surface area is 172 Å². The van der Waals surface area contributed by atoms with Crippen LogP contribution in [0.3, 0.4) is 0 Å². The largest absolute Gasteiger partial charge is 0.456 e. The first-order valence-electron chi connectivity index (χ1n) is 8.18. The molecule has 4 rings (SSSR count). The smallest absolute Gasteiger partial charge is 0.259 e. The molecule has 2 heterocycles. The summed E-state index contributed by atoms with van der Waals surface area (Å²) in [7, 11) is 0. The Morgan fingerprint density at radius 1 is 1.00 bits per heavy atom. The van der Waals surface area contributed by atoms with Gasteiger partial charge in [0, 0.05) is 20.1 Å². The maximum atomic E-state index is 13.2. The lowest BCUT2D eigenvalue weighted by Crippen LogP contribution is -2.25. The van der Waals surface area contributed by atoms with Crippen molar-refractivity contribution in [2.75, 3.05) is 4.90 Å². The van der Waals surface area contributed by atoms with E-state index in [2.05, 4.69) is 31.9 Å². The van der Waals surface area contributed by atoms with Gasteiger partial charge in [-0.25, -0.2) is 0 Å². The summed E-state index contributed by atoms with van der Waals surface area (Å²) in [6.45, 7) is 0.261. The molecule has 0 bridgehead atoms. The first kappa shape index (κ1) is 17.9. The second kappa shape index (κ2) is 7.29. The quantitative estimate of drug-likeness (QED) is 0.351. The van der Waals surface area contributed by atoms with Gasteiger partial charge < -0.3 is 9.32 Å². The number of nitrogens with zero attached hydrogens (tertiary/aromatic N) is 1. The van der Waals surface area contributed by atoms with Crippen molar-refractivity contribution >= 4 is 61.4 Å². The standard InChI is InChI=1S/C21H13Br2NO3/c22-14-3-1-2-13(8-14)9-19-18-10-15(23)4-7-20(18)24(21(19)26)11-16-5-6-17(12-25)27-16/h1-10,12H,11H2/b19-9+. The molecule has 0 radical (unpaired) electrons. The number of furan rings is 1. The van der Waals surface area contributed by atoms with E-state index in [1.165, 1.54) is 0 Å². The number of fused-ring (bicyclic) bond motifs is 1. The number of hydrogen-bond donors (Lipinski definition) is 0. The van der Waals surface area contributed by atoms with Gasteiger partial charge in [-0.2, -0.15) is 0 Å². The van der Waals surface area contributed by atoms with Gasteiger partial charge in [0.25, 0.3) is 5.91 Å². The van der Waals surface area contributed by atoms with E-state index < -0.39 is 0 Å². The fourth-order valence-electron chi connectivity index (χ4n) is 3.09. The Hall–Kier alpha value is -2.44. The van der Waals surface area contributed by atoms with Crippen LogP contribution in [0, 0.1) is 0 Å². The molecule has 0 unspecified atom stereocenters. The molecule has 0 N–H and O–H groups in total. The SMILES string of the molecule is O=Cc1ccc(CN2C(=O)/C(=C/c3cccc(Br)c3)c3cc(Br)ccc32)o1. The van der Waals surface area contributed by atoms with E-state index >= 15 is 0 Å². The molecule has 1 aromatic heterocycles. The van der Waals surface area contributed by atoms with E-state index in [0.717, 1.165) is 25.8 Å². The Kier molecular flexibility index (Phi) is 4.85. The predicted molar refractivity (Wildman–Crippen MR) is 111 cm³/mol. The molecule has 2 aromatic carbocycles. The molecule has 0 atom stereocenters. The number of benzene rings is 2. The van der Waals surface area contributed by atoms with Crippen LogP contribution in [0.15, 0.2) is 68.0 Å². The predicted octanol–water partition coefficient (Wildman–Crippen LogP) is 5.70. The first-order valence-corrected chi connectivity index (χ1v) is 9.77. The zero-order valence-corrected chi connectivity index (χ0v) is 17.2. The van der Waals surface area contributed by atoms with Crippen LogP contribution < -0.4 is 4.90 Å². The Morgan fingerprint density at radius 3 is 2.56 bits per heavy atom. The van der Waals surface area contributed by atoms with Gasteiger partial charge in [-0.05, 0) is 54.1 Å². The molecule has 1 aliphatic heterocycles. The number of rotatable bonds is 4. The summed E-state index contributed by atoms with van der Waals surface area (Å²) in [4.78, 5) is 25.7. The highest BCUT2D eigenvalue weighted by Crippen LogP contribution is 2.40. The van der Waals surface area contributed by atoms with Gasteiger partial charge in [0.1, 0.15) is 5.76 Å². The maximum Gasteiger partial charge on any atom is 0.259 e. The van der Waals surface area contributed by atoms with Crippen LogP contribution in [0.25, 0.3) is 11.6 Å². The van der Waals surface area contributed by atoms with Crippen LogP contribution in [0.2, 0.25) is 0 Å². The van der Waals surface area contributed by atoms with Crippen LogP contribution in [0.1, 0.15) is 27.4 Å². The maximum absolute atomic E-state index is 13.2. The van der Waals surface area contributed by atoms with Gasteiger partial charge >= 0.3 is 0 Å². The second-order valence-corrected chi connectivity index (χ2v) is 7.92. The van der Waals surface area contributed by atoms with Crippen molar-refractivity contribution in [2.45, 2.75) is 6.54 Å². The molecule has 134 valence electrons. The zero-order chi connectivity index (χ0) is 19.0. The molecule has 6 heteroatoms. The number of aldehydes is 1. The highest BCUT2D eigenvalue weighted by molar-refractivity contribution is 9.10. The van der Waals surface area contributed by atoms with Crippen molar-refractivity contribution in [3.05, 3.63) is 86.2 Å². The van der Waals surface area contributed by atoms with Crippen molar-refractivity contribution < 1.29 is 14.0 Å². The molecule has 0 fully saturated rings. The molecule has 3 aromatic rings. The van der Waals surface area contributed by atoms with Gasteiger partial charge in [-0.1, -0.05) is 44.0 Å². The average Bonchev–Trinajstić information content (AvgIpc) is 3.20. The summed E-state index contributed by atoms with van der Waals surface area (Å²) in [6, 6.07) is 16.8. The molecule has 0 aliphatic carbocycles. The second-order valence-electron chi connectivity index (χ2n) is 6.09. The van der Waals surface area contributed by atoms with Gasteiger partial charge in [0.15, 0.2) is 12.0 Å². The Balaban J connectivity index is 1.77. The third-order valence-corrected chi connectivity index (χ3v) is 5.27. The van der Waals surface area contributed by atoms with Gasteiger partial charge in [0.05, 0.1) is 12.2 Å². The molecule has 0 saturated carbocycles. The highest BCUT2D eigenvalue weighted by Gasteiger charge is 2.33. The number of carbonyl (C=O) groups is 2. The fraction of sp³-hybridized carbons (Fsp3) is 0.0476.